The summed E-state index contributed by atoms with van der Waals surface area (Å²) in [6.45, 7) is 1.29. The normalized spacial score (nSPS) is 17.2. The lowest BCUT2D eigenvalue weighted by molar-refractivity contribution is -0.119. The van der Waals surface area contributed by atoms with E-state index in [0.717, 1.165) is 27.2 Å². The van der Waals surface area contributed by atoms with Crippen molar-refractivity contribution >= 4 is 33.6 Å². The number of anilines is 1. The maximum atomic E-state index is 14.2. The molecule has 1 aliphatic heterocycles. The molecule has 3 atom stereocenters. The van der Waals surface area contributed by atoms with Crippen molar-refractivity contribution in [1.82, 2.24) is 5.32 Å². The first-order valence-corrected chi connectivity index (χ1v) is 17.7. The first-order chi connectivity index (χ1) is 23.2. The molecule has 0 bridgehead atoms. The van der Waals surface area contributed by atoms with Gasteiger partial charge < -0.3 is 20.5 Å². The molecule has 0 radical (unpaired) electrons. The summed E-state index contributed by atoms with van der Waals surface area (Å²) in [6, 6.07) is 32.0. The van der Waals surface area contributed by atoms with Crippen molar-refractivity contribution in [3.63, 3.8) is 0 Å². The summed E-state index contributed by atoms with van der Waals surface area (Å²) < 4.78 is 35.0. The second-order valence-corrected chi connectivity index (χ2v) is 13.8. The molecule has 1 aliphatic rings. The van der Waals surface area contributed by atoms with E-state index in [-0.39, 0.29) is 17.1 Å². The SMILES string of the molecule is COC(=O)N(C(=O)[C@@H](N)C(c1ccccc1)c1ccccc1)c1ccccc1CC[C@@H]1CNC[C@@H](/C=C/c2ccc(S(C)(=O)=O)cc2)O1. The molecule has 10 heteroatoms. The summed E-state index contributed by atoms with van der Waals surface area (Å²) in [5.41, 5.74) is 10.5. The van der Waals surface area contributed by atoms with Gasteiger partial charge in [-0.1, -0.05) is 103 Å². The number of nitrogens with two attached hydrogens (primary N) is 1. The Labute approximate surface area is 282 Å². The van der Waals surface area contributed by atoms with E-state index < -0.39 is 33.8 Å². The number of methoxy groups -OCH3 is 1. The summed E-state index contributed by atoms with van der Waals surface area (Å²) in [4.78, 5) is 28.8. The van der Waals surface area contributed by atoms with Gasteiger partial charge in [-0.05, 0) is 53.3 Å². The van der Waals surface area contributed by atoms with Crippen molar-refractivity contribution in [3.05, 3.63) is 138 Å². The van der Waals surface area contributed by atoms with E-state index in [1.54, 1.807) is 36.4 Å². The number of imide groups is 1. The smallest absolute Gasteiger partial charge is 0.420 e. The highest BCUT2D eigenvalue weighted by atomic mass is 32.2. The number of nitrogens with one attached hydrogen (secondary N) is 1. The monoisotopic (exact) mass is 667 g/mol. The van der Waals surface area contributed by atoms with Crippen molar-refractivity contribution in [2.45, 2.75) is 41.9 Å². The van der Waals surface area contributed by atoms with E-state index in [2.05, 4.69) is 5.32 Å². The summed E-state index contributed by atoms with van der Waals surface area (Å²) in [7, 11) is -2.01. The molecule has 4 aromatic rings. The number of sulfone groups is 1. The fourth-order valence-electron chi connectivity index (χ4n) is 5.93. The van der Waals surface area contributed by atoms with E-state index in [1.165, 1.54) is 13.4 Å². The lowest BCUT2D eigenvalue weighted by atomic mass is 9.84. The van der Waals surface area contributed by atoms with Crippen LogP contribution in [-0.4, -0.2) is 65.1 Å². The molecule has 0 aromatic heterocycles. The predicted molar refractivity (Wildman–Crippen MR) is 187 cm³/mol. The number of hydrogen-bond acceptors (Lipinski definition) is 8. The van der Waals surface area contributed by atoms with Crippen LogP contribution in [0.4, 0.5) is 10.5 Å². The van der Waals surface area contributed by atoms with Crippen molar-refractivity contribution in [3.8, 4) is 0 Å². The third-order valence-electron chi connectivity index (χ3n) is 8.40. The lowest BCUT2D eigenvalue weighted by Gasteiger charge is -2.31. The molecule has 48 heavy (non-hydrogen) atoms. The minimum atomic E-state index is -3.26. The van der Waals surface area contributed by atoms with Crippen molar-refractivity contribution in [2.24, 2.45) is 5.73 Å². The Bertz CT molecular complexity index is 1770. The molecule has 1 fully saturated rings. The summed E-state index contributed by atoms with van der Waals surface area (Å²) in [5, 5.41) is 3.42. The van der Waals surface area contributed by atoms with Gasteiger partial charge in [0.1, 0.15) is 0 Å². The van der Waals surface area contributed by atoms with Crippen LogP contribution in [0.25, 0.3) is 6.08 Å². The predicted octanol–water partition coefficient (Wildman–Crippen LogP) is 5.35. The van der Waals surface area contributed by atoms with Crippen LogP contribution in [0, 0.1) is 0 Å². The second kappa shape index (κ2) is 16.0. The number of amides is 2. The van der Waals surface area contributed by atoms with Crippen LogP contribution in [0.3, 0.4) is 0 Å². The number of para-hydroxylation sites is 1. The van der Waals surface area contributed by atoms with Gasteiger partial charge in [0.25, 0.3) is 5.91 Å². The van der Waals surface area contributed by atoms with Gasteiger partial charge in [0, 0.05) is 25.3 Å². The molecule has 2 amide bonds. The molecule has 250 valence electrons. The first-order valence-electron chi connectivity index (χ1n) is 15.9. The number of carbonyl (C=O) groups is 2. The van der Waals surface area contributed by atoms with E-state index in [0.29, 0.717) is 31.6 Å². The number of benzene rings is 4. The minimum absolute atomic E-state index is 0.126. The van der Waals surface area contributed by atoms with Gasteiger partial charge in [0.05, 0.1) is 35.9 Å². The van der Waals surface area contributed by atoms with E-state index in [9.17, 15) is 18.0 Å². The Morgan fingerprint density at radius 2 is 1.52 bits per heavy atom. The highest BCUT2D eigenvalue weighted by Crippen LogP contribution is 2.31. The van der Waals surface area contributed by atoms with Crippen LogP contribution in [0.2, 0.25) is 0 Å². The third-order valence-corrected chi connectivity index (χ3v) is 9.53. The van der Waals surface area contributed by atoms with E-state index in [1.807, 2.05) is 84.9 Å². The molecule has 3 N–H and O–H groups in total. The van der Waals surface area contributed by atoms with Gasteiger partial charge in [-0.2, -0.15) is 0 Å². The number of hydrogen-bond donors (Lipinski definition) is 2. The quantitative estimate of drug-likeness (QED) is 0.219. The molecule has 9 nitrogen and oxygen atoms in total. The Morgan fingerprint density at radius 3 is 2.12 bits per heavy atom. The number of nitrogens with zero attached hydrogens (tertiary/aromatic N) is 1. The summed E-state index contributed by atoms with van der Waals surface area (Å²) in [5.74, 6) is -1.07. The summed E-state index contributed by atoms with van der Waals surface area (Å²) in [6.07, 6.45) is 5.09. The molecule has 4 aromatic carbocycles. The van der Waals surface area contributed by atoms with Crippen LogP contribution in [0.1, 0.15) is 34.6 Å². The van der Waals surface area contributed by atoms with Crippen molar-refractivity contribution in [2.75, 3.05) is 31.4 Å². The molecule has 1 heterocycles. The van der Waals surface area contributed by atoms with Crippen molar-refractivity contribution < 1.29 is 27.5 Å². The number of carbonyl (C=O) groups excluding carboxylic acids is 2. The zero-order chi connectivity index (χ0) is 34.1. The standard InChI is InChI=1S/C38H41N3O6S/c1-46-38(43)41(37(42)36(39)35(29-12-5-3-6-13-29)30-14-7-4-8-15-30)34-16-10-9-11-28(34)20-22-32-26-40-25-31(47-32)21-17-27-18-23-33(24-19-27)48(2,44)45/h3-19,21,23-24,31-32,35-36,40H,20,22,25-26,39H2,1-2H3/b21-17+/t31-,32-,36+/m1/s1. The zero-order valence-electron chi connectivity index (χ0n) is 27.1. The third kappa shape index (κ3) is 8.64. The Hall–Kier alpha value is -4.61. The molecule has 0 saturated carbocycles. The number of rotatable bonds is 11. The fraction of sp³-hybridized carbons (Fsp3) is 0.263. The largest absolute Gasteiger partial charge is 0.452 e. The van der Waals surface area contributed by atoms with Gasteiger partial charge in [0.15, 0.2) is 9.84 Å². The van der Waals surface area contributed by atoms with Gasteiger partial charge in [0.2, 0.25) is 0 Å². The fourth-order valence-corrected chi connectivity index (χ4v) is 6.56. The molecule has 0 unspecified atom stereocenters. The molecule has 0 spiro atoms. The highest BCUT2D eigenvalue weighted by Gasteiger charge is 2.36. The highest BCUT2D eigenvalue weighted by molar-refractivity contribution is 7.90. The molecule has 1 saturated heterocycles. The van der Waals surface area contributed by atoms with Gasteiger partial charge in [-0.25, -0.2) is 18.1 Å². The van der Waals surface area contributed by atoms with Crippen LogP contribution in [0.5, 0.6) is 0 Å². The number of morpholine rings is 1. The zero-order valence-corrected chi connectivity index (χ0v) is 27.9. The maximum Gasteiger partial charge on any atom is 0.420 e. The minimum Gasteiger partial charge on any atom is -0.452 e. The first kappa shape index (κ1) is 34.7. The average Bonchev–Trinajstić information content (AvgIpc) is 3.11. The van der Waals surface area contributed by atoms with E-state index in [4.69, 9.17) is 15.2 Å². The maximum absolute atomic E-state index is 14.2. The van der Waals surface area contributed by atoms with Crippen LogP contribution in [-0.2, 0) is 30.5 Å². The number of aryl methyl sites for hydroxylation is 1. The number of ether oxygens (including phenoxy) is 2. The Morgan fingerprint density at radius 1 is 0.917 bits per heavy atom. The van der Waals surface area contributed by atoms with Crippen LogP contribution >= 0.6 is 0 Å². The summed E-state index contributed by atoms with van der Waals surface area (Å²) >= 11 is 0. The van der Waals surface area contributed by atoms with E-state index >= 15 is 0 Å². The topological polar surface area (TPSA) is 128 Å². The average molecular weight is 668 g/mol. The lowest BCUT2D eigenvalue weighted by Crippen LogP contribution is -2.50. The molecule has 5 rings (SSSR count). The molecular weight excluding hydrogens is 627 g/mol. The van der Waals surface area contributed by atoms with Gasteiger partial charge >= 0.3 is 6.09 Å². The van der Waals surface area contributed by atoms with Gasteiger partial charge in [-0.3, -0.25) is 4.79 Å². The molecular formula is C38H41N3O6S. The van der Waals surface area contributed by atoms with Crippen LogP contribution in [0.15, 0.2) is 120 Å². The second-order valence-electron chi connectivity index (χ2n) is 11.8. The molecule has 0 aliphatic carbocycles. The Kier molecular flexibility index (Phi) is 11.6. The van der Waals surface area contributed by atoms with Gasteiger partial charge in [-0.15, -0.1) is 0 Å². The van der Waals surface area contributed by atoms with Crippen molar-refractivity contribution in [1.29, 1.82) is 0 Å². The van der Waals surface area contributed by atoms with Crippen LogP contribution < -0.4 is 16.0 Å². The Balaban J connectivity index is 1.31.